The zero-order valence-electron chi connectivity index (χ0n) is 13.0. The van der Waals surface area contributed by atoms with Gasteiger partial charge in [-0.05, 0) is 38.8 Å². The van der Waals surface area contributed by atoms with Crippen molar-refractivity contribution in [1.29, 1.82) is 0 Å². The van der Waals surface area contributed by atoms with Crippen LogP contribution in [0.15, 0.2) is 18.2 Å². The number of rotatable bonds is 7. The summed E-state index contributed by atoms with van der Waals surface area (Å²) >= 11 is 0. The van der Waals surface area contributed by atoms with Gasteiger partial charge < -0.3 is 15.2 Å². The first kappa shape index (κ1) is 17.4. The summed E-state index contributed by atoms with van der Waals surface area (Å²) in [7, 11) is 0. The van der Waals surface area contributed by atoms with Crippen molar-refractivity contribution in [3.05, 3.63) is 29.6 Å². The van der Waals surface area contributed by atoms with Crippen LogP contribution >= 0.6 is 0 Å². The third-order valence-corrected chi connectivity index (χ3v) is 3.44. The zero-order chi connectivity index (χ0) is 16.0. The zero-order valence-corrected chi connectivity index (χ0v) is 13.0. The predicted octanol–water partition coefficient (Wildman–Crippen LogP) is 2.95. The Kier molecular flexibility index (Phi) is 6.62. The maximum atomic E-state index is 13.7. The van der Waals surface area contributed by atoms with Gasteiger partial charge in [-0.15, -0.1) is 0 Å². The molecule has 1 aromatic carbocycles. The molecule has 1 rings (SSSR count). The molecule has 0 saturated carbocycles. The van der Waals surface area contributed by atoms with Gasteiger partial charge in [0.25, 0.3) is 5.91 Å². The summed E-state index contributed by atoms with van der Waals surface area (Å²) in [6, 6.07) is 4.31. The van der Waals surface area contributed by atoms with E-state index in [1.807, 2.05) is 13.8 Å². The number of amides is 1. The highest BCUT2D eigenvalue weighted by Crippen LogP contribution is 2.22. The number of halogens is 1. The second-order valence-electron chi connectivity index (χ2n) is 5.14. The minimum Gasteiger partial charge on any atom is -0.481 e. The van der Waals surface area contributed by atoms with Crippen LogP contribution in [0, 0.1) is 5.82 Å². The Morgan fingerprint density at radius 3 is 2.43 bits per heavy atom. The molecule has 0 radical (unpaired) electrons. The van der Waals surface area contributed by atoms with Crippen molar-refractivity contribution in [2.45, 2.75) is 58.8 Å². The van der Waals surface area contributed by atoms with Gasteiger partial charge in [-0.3, -0.25) is 4.79 Å². The highest BCUT2D eigenvalue weighted by Gasteiger charge is 2.18. The Balaban J connectivity index is 2.68. The molecule has 0 spiro atoms. The van der Waals surface area contributed by atoms with Crippen molar-refractivity contribution in [3.8, 4) is 5.75 Å². The van der Waals surface area contributed by atoms with E-state index in [0.29, 0.717) is 0 Å². The molecule has 0 aromatic heterocycles. The van der Waals surface area contributed by atoms with Crippen molar-refractivity contribution in [1.82, 2.24) is 5.32 Å². The number of benzene rings is 1. The van der Waals surface area contributed by atoms with Gasteiger partial charge in [0.05, 0.1) is 6.10 Å². The van der Waals surface area contributed by atoms with E-state index in [2.05, 4.69) is 5.32 Å². The lowest BCUT2D eigenvalue weighted by Crippen LogP contribution is -2.42. The highest BCUT2D eigenvalue weighted by atomic mass is 19.1. The summed E-state index contributed by atoms with van der Waals surface area (Å²) in [5.41, 5.74) is 0.205. The fourth-order valence-corrected chi connectivity index (χ4v) is 1.99. The first-order chi connectivity index (χ1) is 9.88. The van der Waals surface area contributed by atoms with Gasteiger partial charge in [0.15, 0.2) is 6.10 Å². The SMILES string of the molecule is CCC(CC)NC(=O)C(C)Oc1ccc([C@H](C)O)c(F)c1. The van der Waals surface area contributed by atoms with E-state index >= 15 is 0 Å². The number of ether oxygens (including phenoxy) is 1. The molecule has 21 heavy (non-hydrogen) atoms. The van der Waals surface area contributed by atoms with E-state index in [9.17, 15) is 14.3 Å². The maximum Gasteiger partial charge on any atom is 0.260 e. The molecule has 4 nitrogen and oxygen atoms in total. The third kappa shape index (κ3) is 5.01. The average Bonchev–Trinajstić information content (AvgIpc) is 2.44. The average molecular weight is 297 g/mol. The molecule has 0 fully saturated rings. The quantitative estimate of drug-likeness (QED) is 0.813. The van der Waals surface area contributed by atoms with Crippen LogP contribution in [-0.4, -0.2) is 23.2 Å². The Morgan fingerprint density at radius 2 is 1.95 bits per heavy atom. The molecule has 0 aliphatic heterocycles. The van der Waals surface area contributed by atoms with Crippen LogP contribution < -0.4 is 10.1 Å². The van der Waals surface area contributed by atoms with Gasteiger partial charge in [-0.2, -0.15) is 0 Å². The van der Waals surface area contributed by atoms with Crippen molar-refractivity contribution in [2.24, 2.45) is 0 Å². The number of aliphatic hydroxyl groups is 1. The molecule has 0 aliphatic carbocycles. The molecule has 1 amide bonds. The second kappa shape index (κ2) is 7.98. The summed E-state index contributed by atoms with van der Waals surface area (Å²) in [4.78, 5) is 12.0. The maximum absolute atomic E-state index is 13.7. The summed E-state index contributed by atoms with van der Waals surface area (Å²) < 4.78 is 19.2. The van der Waals surface area contributed by atoms with Crippen molar-refractivity contribution < 1.29 is 19.0 Å². The van der Waals surface area contributed by atoms with E-state index in [4.69, 9.17) is 4.74 Å². The summed E-state index contributed by atoms with van der Waals surface area (Å²) in [6.07, 6.45) is 0.122. The Labute approximate surface area is 125 Å². The Morgan fingerprint density at radius 1 is 1.33 bits per heavy atom. The molecule has 0 saturated heterocycles. The second-order valence-corrected chi connectivity index (χ2v) is 5.14. The molecular formula is C16H24FNO3. The molecule has 5 heteroatoms. The lowest BCUT2D eigenvalue weighted by Gasteiger charge is -2.19. The summed E-state index contributed by atoms with van der Waals surface area (Å²) in [6.45, 7) is 7.12. The number of hydrogen-bond donors (Lipinski definition) is 2. The Hall–Kier alpha value is -1.62. The molecule has 0 heterocycles. The summed E-state index contributed by atoms with van der Waals surface area (Å²) in [5, 5.41) is 12.3. The van der Waals surface area contributed by atoms with Crippen molar-refractivity contribution in [2.75, 3.05) is 0 Å². The van der Waals surface area contributed by atoms with Crippen molar-refractivity contribution in [3.63, 3.8) is 0 Å². The highest BCUT2D eigenvalue weighted by molar-refractivity contribution is 5.81. The van der Waals surface area contributed by atoms with Gasteiger partial charge in [-0.25, -0.2) is 4.39 Å². The first-order valence-corrected chi connectivity index (χ1v) is 7.33. The molecule has 118 valence electrons. The van der Waals surface area contributed by atoms with Crippen LogP contribution in [0.1, 0.15) is 52.2 Å². The largest absolute Gasteiger partial charge is 0.481 e. The Bertz CT molecular complexity index is 473. The molecular weight excluding hydrogens is 273 g/mol. The number of hydrogen-bond acceptors (Lipinski definition) is 3. The van der Waals surface area contributed by atoms with E-state index in [1.54, 1.807) is 13.0 Å². The van der Waals surface area contributed by atoms with Crippen molar-refractivity contribution >= 4 is 5.91 Å². The first-order valence-electron chi connectivity index (χ1n) is 7.33. The smallest absolute Gasteiger partial charge is 0.260 e. The number of carbonyl (C=O) groups is 1. The topological polar surface area (TPSA) is 58.6 Å². The molecule has 1 aromatic rings. The van der Waals surface area contributed by atoms with E-state index in [-0.39, 0.29) is 23.3 Å². The van der Waals surface area contributed by atoms with E-state index in [1.165, 1.54) is 19.1 Å². The van der Waals surface area contributed by atoms with Gasteiger partial charge in [0.1, 0.15) is 11.6 Å². The monoisotopic (exact) mass is 297 g/mol. The number of nitrogens with one attached hydrogen (secondary N) is 1. The van der Waals surface area contributed by atoms with Gasteiger partial charge in [0.2, 0.25) is 0 Å². The van der Waals surface area contributed by atoms with Gasteiger partial charge >= 0.3 is 0 Å². The number of carbonyl (C=O) groups excluding carboxylic acids is 1. The lowest BCUT2D eigenvalue weighted by molar-refractivity contribution is -0.128. The van der Waals surface area contributed by atoms with Crippen LogP contribution in [0.2, 0.25) is 0 Å². The van der Waals surface area contributed by atoms with Crippen LogP contribution in [0.25, 0.3) is 0 Å². The van der Waals surface area contributed by atoms with Gasteiger partial charge in [-0.1, -0.05) is 13.8 Å². The van der Waals surface area contributed by atoms with Crippen LogP contribution in [0.3, 0.4) is 0 Å². The van der Waals surface area contributed by atoms with E-state index < -0.39 is 18.0 Å². The summed E-state index contributed by atoms with van der Waals surface area (Å²) in [5.74, 6) is -0.497. The predicted molar refractivity (Wildman–Crippen MR) is 79.6 cm³/mol. The van der Waals surface area contributed by atoms with Crippen LogP contribution in [-0.2, 0) is 4.79 Å². The molecule has 0 aliphatic rings. The number of aliphatic hydroxyl groups excluding tert-OH is 1. The van der Waals surface area contributed by atoms with Gasteiger partial charge in [0, 0.05) is 17.7 Å². The van der Waals surface area contributed by atoms with Crippen LogP contribution in [0.5, 0.6) is 5.75 Å². The molecule has 1 unspecified atom stereocenters. The molecule has 2 atom stereocenters. The van der Waals surface area contributed by atoms with E-state index in [0.717, 1.165) is 12.8 Å². The molecule has 0 bridgehead atoms. The lowest BCUT2D eigenvalue weighted by atomic mass is 10.1. The third-order valence-electron chi connectivity index (χ3n) is 3.44. The standard InChI is InChI=1S/C16H24FNO3/c1-5-12(6-2)18-16(20)11(4)21-13-7-8-14(10(3)19)15(17)9-13/h7-12,19H,5-6H2,1-4H3,(H,18,20)/t10-,11?/m0/s1. The minimum atomic E-state index is -0.880. The minimum absolute atomic E-state index is 0.123. The molecule has 2 N–H and O–H groups in total. The fourth-order valence-electron chi connectivity index (χ4n) is 1.99. The fraction of sp³-hybridized carbons (Fsp3) is 0.562. The normalized spacial score (nSPS) is 13.9. The van der Waals surface area contributed by atoms with Crippen LogP contribution in [0.4, 0.5) is 4.39 Å².